The Hall–Kier alpha value is -3.25. The Bertz CT molecular complexity index is 1060. The highest BCUT2D eigenvalue weighted by atomic mass is 35.5. The molecule has 146 valence electrons. The standard InChI is InChI=1S/C22H17ClFN3O2/c23-18-12-17(5-6-19(18)24)27-21(28)13-20(22(27)29)26-16-3-1-14(2-4-16)11-15-7-9-25-10-8-15/h1-10,12,20,26H,11,13H2/t20-/m0/s1. The van der Waals surface area contributed by atoms with E-state index in [1.807, 2.05) is 36.4 Å². The van der Waals surface area contributed by atoms with Crippen molar-refractivity contribution in [1.82, 2.24) is 4.98 Å². The minimum atomic E-state index is -0.683. The van der Waals surface area contributed by atoms with Crippen molar-refractivity contribution in [3.05, 3.63) is 89.0 Å². The number of nitrogens with zero attached hydrogens (tertiary/aromatic N) is 2. The molecule has 1 aliphatic heterocycles. The van der Waals surface area contributed by atoms with E-state index < -0.39 is 17.8 Å². The first-order valence-corrected chi connectivity index (χ1v) is 9.45. The fraction of sp³-hybridized carbons (Fsp3) is 0.136. The van der Waals surface area contributed by atoms with E-state index >= 15 is 0 Å². The molecule has 0 bridgehead atoms. The van der Waals surface area contributed by atoms with Gasteiger partial charge in [-0.05, 0) is 60.0 Å². The van der Waals surface area contributed by atoms with Crippen LogP contribution in [0.3, 0.4) is 0 Å². The number of hydrogen-bond acceptors (Lipinski definition) is 4. The summed E-state index contributed by atoms with van der Waals surface area (Å²) in [6.45, 7) is 0. The maximum atomic E-state index is 13.4. The SMILES string of the molecule is O=C1C[C@H](Nc2ccc(Cc3ccncc3)cc2)C(=O)N1c1ccc(F)c(Cl)c1. The fourth-order valence-electron chi connectivity index (χ4n) is 3.30. The Kier molecular flexibility index (Phi) is 5.27. The molecule has 1 aromatic heterocycles. The molecule has 2 heterocycles. The summed E-state index contributed by atoms with van der Waals surface area (Å²) in [5.41, 5.74) is 3.29. The van der Waals surface area contributed by atoms with Gasteiger partial charge in [-0.1, -0.05) is 23.7 Å². The van der Waals surface area contributed by atoms with E-state index in [-0.39, 0.29) is 23.0 Å². The summed E-state index contributed by atoms with van der Waals surface area (Å²) in [6.07, 6.45) is 4.32. The summed E-state index contributed by atoms with van der Waals surface area (Å²) >= 11 is 5.78. The quantitative estimate of drug-likeness (QED) is 0.641. The number of aromatic nitrogens is 1. The third kappa shape index (κ3) is 4.12. The molecule has 1 N–H and O–H groups in total. The number of pyridine rings is 1. The van der Waals surface area contributed by atoms with Gasteiger partial charge in [0.2, 0.25) is 5.91 Å². The maximum Gasteiger partial charge on any atom is 0.256 e. The van der Waals surface area contributed by atoms with E-state index in [2.05, 4.69) is 10.3 Å². The number of nitrogens with one attached hydrogen (secondary N) is 1. The number of hydrogen-bond donors (Lipinski definition) is 1. The fourth-order valence-corrected chi connectivity index (χ4v) is 3.47. The highest BCUT2D eigenvalue weighted by Crippen LogP contribution is 2.28. The summed E-state index contributed by atoms with van der Waals surface area (Å²) < 4.78 is 13.4. The zero-order chi connectivity index (χ0) is 20.4. The molecule has 0 radical (unpaired) electrons. The summed E-state index contributed by atoms with van der Waals surface area (Å²) in [5, 5.41) is 2.97. The first-order valence-electron chi connectivity index (χ1n) is 9.07. The first-order chi connectivity index (χ1) is 14.0. The van der Waals surface area contributed by atoms with E-state index in [9.17, 15) is 14.0 Å². The number of anilines is 2. The van der Waals surface area contributed by atoms with Crippen molar-refractivity contribution in [2.75, 3.05) is 10.2 Å². The molecule has 5 nitrogen and oxygen atoms in total. The van der Waals surface area contributed by atoms with Crippen molar-refractivity contribution in [3.63, 3.8) is 0 Å². The third-order valence-corrected chi connectivity index (χ3v) is 5.05. The van der Waals surface area contributed by atoms with Crippen molar-refractivity contribution in [2.45, 2.75) is 18.9 Å². The lowest BCUT2D eigenvalue weighted by molar-refractivity contribution is -0.121. The third-order valence-electron chi connectivity index (χ3n) is 4.76. The molecule has 0 aliphatic carbocycles. The molecule has 0 unspecified atom stereocenters. The van der Waals surface area contributed by atoms with E-state index in [0.29, 0.717) is 0 Å². The summed E-state index contributed by atoms with van der Waals surface area (Å²) in [6, 6.07) is 14.7. The molecule has 1 saturated heterocycles. The minimum Gasteiger partial charge on any atom is -0.373 e. The number of halogens is 2. The molecule has 0 spiro atoms. The van der Waals surface area contributed by atoms with Gasteiger partial charge in [-0.2, -0.15) is 0 Å². The number of carbonyl (C=O) groups excluding carboxylic acids is 2. The van der Waals surface area contributed by atoms with Crippen LogP contribution in [0.1, 0.15) is 17.5 Å². The van der Waals surface area contributed by atoms with Crippen LogP contribution in [0.5, 0.6) is 0 Å². The van der Waals surface area contributed by atoms with Gasteiger partial charge in [0.25, 0.3) is 5.91 Å². The molecule has 2 aromatic carbocycles. The van der Waals surface area contributed by atoms with Gasteiger partial charge in [0.1, 0.15) is 11.9 Å². The predicted octanol–water partition coefficient (Wildman–Crippen LogP) is 4.21. The predicted molar refractivity (Wildman–Crippen MR) is 109 cm³/mol. The van der Waals surface area contributed by atoms with Crippen LogP contribution in [0.15, 0.2) is 67.0 Å². The first kappa shape index (κ1) is 19.1. The zero-order valence-corrected chi connectivity index (χ0v) is 16.1. The van der Waals surface area contributed by atoms with Crippen LogP contribution < -0.4 is 10.2 Å². The number of imide groups is 1. The second-order valence-corrected chi connectivity index (χ2v) is 7.20. The lowest BCUT2D eigenvalue weighted by atomic mass is 10.1. The number of amides is 2. The van der Waals surface area contributed by atoms with Crippen LogP contribution in [0.2, 0.25) is 5.02 Å². The van der Waals surface area contributed by atoms with E-state index in [4.69, 9.17) is 11.6 Å². The maximum absolute atomic E-state index is 13.4. The summed E-state index contributed by atoms with van der Waals surface area (Å²) in [5.74, 6) is -1.35. The lowest BCUT2D eigenvalue weighted by Crippen LogP contribution is -2.34. The normalized spacial score (nSPS) is 16.3. The van der Waals surface area contributed by atoms with Crippen LogP contribution in [0, 0.1) is 5.82 Å². The van der Waals surface area contributed by atoms with Crippen molar-refractivity contribution in [1.29, 1.82) is 0 Å². The van der Waals surface area contributed by atoms with Crippen LogP contribution >= 0.6 is 11.6 Å². The van der Waals surface area contributed by atoms with Gasteiger partial charge < -0.3 is 5.32 Å². The van der Waals surface area contributed by atoms with Crippen molar-refractivity contribution < 1.29 is 14.0 Å². The van der Waals surface area contributed by atoms with Gasteiger partial charge in [-0.25, -0.2) is 9.29 Å². The molecule has 3 aromatic rings. The molecular weight excluding hydrogens is 393 g/mol. The second-order valence-electron chi connectivity index (χ2n) is 6.80. The number of benzene rings is 2. The number of carbonyl (C=O) groups is 2. The van der Waals surface area contributed by atoms with Crippen molar-refractivity contribution in [2.24, 2.45) is 0 Å². The Morgan fingerprint density at radius 3 is 2.41 bits per heavy atom. The van der Waals surface area contributed by atoms with Crippen molar-refractivity contribution in [3.8, 4) is 0 Å². The molecule has 2 amide bonds. The van der Waals surface area contributed by atoms with Gasteiger partial charge in [-0.15, -0.1) is 0 Å². The molecular formula is C22H17ClFN3O2. The summed E-state index contributed by atoms with van der Waals surface area (Å²) in [7, 11) is 0. The Balaban J connectivity index is 1.45. The van der Waals surface area contributed by atoms with Gasteiger partial charge in [0.15, 0.2) is 0 Å². The van der Waals surface area contributed by atoms with Gasteiger partial charge in [0, 0.05) is 18.1 Å². The average molecular weight is 410 g/mol. The van der Waals surface area contributed by atoms with Crippen molar-refractivity contribution >= 4 is 34.8 Å². The smallest absolute Gasteiger partial charge is 0.256 e. The number of rotatable bonds is 5. The Morgan fingerprint density at radius 1 is 1.03 bits per heavy atom. The van der Waals surface area contributed by atoms with Crippen LogP contribution in [-0.2, 0) is 16.0 Å². The molecule has 1 atom stereocenters. The topological polar surface area (TPSA) is 62.3 Å². The highest BCUT2D eigenvalue weighted by molar-refractivity contribution is 6.31. The lowest BCUT2D eigenvalue weighted by Gasteiger charge is -2.16. The monoisotopic (exact) mass is 409 g/mol. The molecule has 29 heavy (non-hydrogen) atoms. The highest BCUT2D eigenvalue weighted by Gasteiger charge is 2.39. The van der Waals surface area contributed by atoms with Gasteiger partial charge >= 0.3 is 0 Å². The van der Waals surface area contributed by atoms with E-state index in [0.717, 1.165) is 34.2 Å². The average Bonchev–Trinajstić information content (AvgIpc) is 2.99. The van der Waals surface area contributed by atoms with E-state index in [1.54, 1.807) is 12.4 Å². The Morgan fingerprint density at radius 2 is 1.72 bits per heavy atom. The molecule has 1 aliphatic rings. The van der Waals surface area contributed by atoms with Crippen LogP contribution in [0.25, 0.3) is 0 Å². The van der Waals surface area contributed by atoms with Gasteiger partial charge in [0.05, 0.1) is 17.1 Å². The van der Waals surface area contributed by atoms with E-state index in [1.165, 1.54) is 12.1 Å². The molecule has 4 rings (SSSR count). The molecule has 0 saturated carbocycles. The van der Waals surface area contributed by atoms with Crippen LogP contribution in [0.4, 0.5) is 15.8 Å². The largest absolute Gasteiger partial charge is 0.373 e. The van der Waals surface area contributed by atoms with Crippen LogP contribution in [-0.4, -0.2) is 22.8 Å². The molecule has 1 fully saturated rings. The molecule has 7 heteroatoms. The minimum absolute atomic E-state index is 0.0204. The Labute approximate surface area is 172 Å². The zero-order valence-electron chi connectivity index (χ0n) is 15.3. The summed E-state index contributed by atoms with van der Waals surface area (Å²) in [4.78, 5) is 30.1. The second kappa shape index (κ2) is 8.01. The van der Waals surface area contributed by atoms with Gasteiger partial charge in [-0.3, -0.25) is 14.6 Å².